The summed E-state index contributed by atoms with van der Waals surface area (Å²) in [4.78, 5) is 10.4. The van der Waals surface area contributed by atoms with Gasteiger partial charge in [0.05, 0.1) is 11.4 Å². The summed E-state index contributed by atoms with van der Waals surface area (Å²) in [5.74, 6) is 0.788. The van der Waals surface area contributed by atoms with Crippen LogP contribution in [0.3, 0.4) is 0 Å². The molecule has 5 aromatic rings. The van der Waals surface area contributed by atoms with E-state index in [-0.39, 0.29) is 0 Å². The zero-order valence-corrected chi connectivity index (χ0v) is 19.8. The van der Waals surface area contributed by atoms with E-state index in [4.69, 9.17) is 9.97 Å². The average Bonchev–Trinajstić information content (AvgIpc) is 3.12. The minimum Gasteiger partial charge on any atom is -0.228 e. The highest BCUT2D eigenvalue weighted by atomic mass is 28.3. The Kier molecular flexibility index (Phi) is 4.59. The van der Waals surface area contributed by atoms with Crippen LogP contribution in [0.1, 0.15) is 0 Å². The first-order chi connectivity index (χ1) is 16.1. The predicted octanol–water partition coefficient (Wildman–Crippen LogP) is 6.28. The fourth-order valence-electron chi connectivity index (χ4n) is 5.02. The number of rotatable bonds is 3. The van der Waals surface area contributed by atoms with Gasteiger partial charge in [-0.05, 0) is 33.1 Å². The highest BCUT2D eigenvalue weighted by molar-refractivity contribution is 7.04. The molecule has 1 aromatic heterocycles. The fraction of sp³-hybridized carbons (Fsp3) is 0.0667. The van der Waals surface area contributed by atoms with Crippen LogP contribution >= 0.6 is 0 Å². The lowest BCUT2D eigenvalue weighted by atomic mass is 10.0. The largest absolute Gasteiger partial charge is 0.228 e. The number of benzene rings is 4. The van der Waals surface area contributed by atoms with E-state index in [2.05, 4.69) is 104 Å². The summed E-state index contributed by atoms with van der Waals surface area (Å²) in [5.41, 5.74) is 8.07. The number of fused-ring (bicyclic) bond motifs is 3. The Morgan fingerprint density at radius 1 is 0.515 bits per heavy atom. The summed E-state index contributed by atoms with van der Waals surface area (Å²) < 4.78 is 0. The number of aromatic nitrogens is 2. The van der Waals surface area contributed by atoms with Crippen LogP contribution in [0.15, 0.2) is 109 Å². The predicted molar refractivity (Wildman–Crippen MR) is 141 cm³/mol. The SMILES string of the molecule is C[Si]1(C)c2ccccc2-c2nc(-c3ccccc3)nc(-c3cccc(-c4ccccc4)c3)c21. The molecule has 1 aliphatic heterocycles. The number of nitrogens with zero attached hydrogens (tertiary/aromatic N) is 2. The molecule has 0 radical (unpaired) electrons. The molecule has 0 unspecified atom stereocenters. The first-order valence-electron chi connectivity index (χ1n) is 11.4. The van der Waals surface area contributed by atoms with Crippen LogP contribution in [0.4, 0.5) is 0 Å². The Balaban J connectivity index is 1.64. The van der Waals surface area contributed by atoms with Crippen molar-refractivity contribution in [1.29, 1.82) is 0 Å². The van der Waals surface area contributed by atoms with Crippen LogP contribution in [0, 0.1) is 0 Å². The molecule has 4 aromatic carbocycles. The second-order valence-electron chi connectivity index (χ2n) is 9.10. The molecule has 33 heavy (non-hydrogen) atoms. The number of hydrogen-bond acceptors (Lipinski definition) is 2. The van der Waals surface area contributed by atoms with Gasteiger partial charge in [0.1, 0.15) is 8.07 Å². The monoisotopic (exact) mass is 440 g/mol. The molecule has 0 saturated heterocycles. The first kappa shape index (κ1) is 19.8. The molecule has 0 bridgehead atoms. The van der Waals surface area contributed by atoms with E-state index in [1.54, 1.807) is 0 Å². The van der Waals surface area contributed by atoms with E-state index in [9.17, 15) is 0 Å². The maximum atomic E-state index is 5.22. The lowest BCUT2D eigenvalue weighted by Gasteiger charge is -2.22. The van der Waals surface area contributed by atoms with Crippen LogP contribution in [0.25, 0.3) is 45.0 Å². The standard InChI is InChI=1S/C30H24N2Si/c1-33(2)26-19-10-9-18-25(26)28-29(33)27(31-30(32-28)22-14-7-4-8-15-22)24-17-11-16-23(20-24)21-12-5-3-6-13-21/h3-20H,1-2H3. The maximum absolute atomic E-state index is 5.22. The molecule has 6 rings (SSSR count). The van der Waals surface area contributed by atoms with Gasteiger partial charge in [0.2, 0.25) is 0 Å². The van der Waals surface area contributed by atoms with Gasteiger partial charge in [-0.1, -0.05) is 116 Å². The molecule has 0 saturated carbocycles. The van der Waals surface area contributed by atoms with Crippen molar-refractivity contribution in [3.63, 3.8) is 0 Å². The summed E-state index contributed by atoms with van der Waals surface area (Å²) in [7, 11) is -1.95. The average molecular weight is 441 g/mol. The second-order valence-corrected chi connectivity index (χ2v) is 13.4. The molecular weight excluding hydrogens is 416 g/mol. The molecule has 1 aliphatic rings. The molecular formula is C30H24N2Si. The van der Waals surface area contributed by atoms with Crippen LogP contribution in [0.2, 0.25) is 13.1 Å². The van der Waals surface area contributed by atoms with E-state index < -0.39 is 8.07 Å². The molecule has 2 nitrogen and oxygen atoms in total. The molecule has 2 heterocycles. The molecule has 3 heteroatoms. The van der Waals surface area contributed by atoms with E-state index in [0.717, 1.165) is 28.3 Å². The zero-order chi connectivity index (χ0) is 22.4. The van der Waals surface area contributed by atoms with Gasteiger partial charge < -0.3 is 0 Å². The summed E-state index contributed by atoms with van der Waals surface area (Å²) >= 11 is 0. The topological polar surface area (TPSA) is 25.8 Å². The molecule has 0 aliphatic carbocycles. The van der Waals surface area contributed by atoms with Crippen LogP contribution < -0.4 is 10.4 Å². The van der Waals surface area contributed by atoms with Crippen LogP contribution in [-0.2, 0) is 0 Å². The quantitative estimate of drug-likeness (QED) is 0.309. The lowest BCUT2D eigenvalue weighted by molar-refractivity contribution is 1.20. The Morgan fingerprint density at radius 3 is 1.85 bits per heavy atom. The van der Waals surface area contributed by atoms with Gasteiger partial charge in [-0.2, -0.15) is 0 Å². The van der Waals surface area contributed by atoms with Crippen molar-refractivity contribution in [3.05, 3.63) is 109 Å². The minimum absolute atomic E-state index is 0.788. The Morgan fingerprint density at radius 2 is 1.09 bits per heavy atom. The van der Waals surface area contributed by atoms with Crippen molar-refractivity contribution in [1.82, 2.24) is 9.97 Å². The van der Waals surface area contributed by atoms with Gasteiger partial charge in [-0.3, -0.25) is 0 Å². The summed E-state index contributed by atoms with van der Waals surface area (Å²) in [5, 5.41) is 2.79. The van der Waals surface area contributed by atoms with Crippen molar-refractivity contribution >= 4 is 18.4 Å². The second kappa shape index (κ2) is 7.64. The van der Waals surface area contributed by atoms with Crippen LogP contribution in [-0.4, -0.2) is 18.0 Å². The van der Waals surface area contributed by atoms with Gasteiger partial charge in [0, 0.05) is 11.1 Å². The van der Waals surface area contributed by atoms with Gasteiger partial charge in [-0.15, -0.1) is 0 Å². The van der Waals surface area contributed by atoms with Gasteiger partial charge >= 0.3 is 0 Å². The highest BCUT2D eigenvalue weighted by Crippen LogP contribution is 2.34. The van der Waals surface area contributed by atoms with Crippen molar-refractivity contribution in [2.45, 2.75) is 13.1 Å². The lowest BCUT2D eigenvalue weighted by Crippen LogP contribution is -2.50. The van der Waals surface area contributed by atoms with E-state index in [1.165, 1.54) is 27.1 Å². The van der Waals surface area contributed by atoms with E-state index >= 15 is 0 Å². The van der Waals surface area contributed by atoms with E-state index in [0.29, 0.717) is 0 Å². The summed E-state index contributed by atoms with van der Waals surface area (Å²) in [6.07, 6.45) is 0. The third-order valence-corrected chi connectivity index (χ3v) is 10.2. The van der Waals surface area contributed by atoms with Crippen molar-refractivity contribution < 1.29 is 0 Å². The fourth-order valence-corrected chi connectivity index (χ4v) is 8.25. The van der Waals surface area contributed by atoms with Crippen LogP contribution in [0.5, 0.6) is 0 Å². The van der Waals surface area contributed by atoms with Crippen molar-refractivity contribution in [2.75, 3.05) is 0 Å². The maximum Gasteiger partial charge on any atom is 0.160 e. The third kappa shape index (κ3) is 3.24. The van der Waals surface area contributed by atoms with E-state index in [1.807, 2.05) is 18.2 Å². The number of hydrogen-bond donors (Lipinski definition) is 0. The Bertz CT molecular complexity index is 1470. The first-order valence-corrected chi connectivity index (χ1v) is 14.4. The van der Waals surface area contributed by atoms with Crippen molar-refractivity contribution in [2.24, 2.45) is 0 Å². The molecule has 158 valence electrons. The van der Waals surface area contributed by atoms with Crippen molar-refractivity contribution in [3.8, 4) is 45.0 Å². The highest BCUT2D eigenvalue weighted by Gasteiger charge is 2.41. The zero-order valence-electron chi connectivity index (χ0n) is 18.8. The minimum atomic E-state index is -1.95. The Hall–Kier alpha value is -3.82. The normalized spacial score (nSPS) is 13.4. The van der Waals surface area contributed by atoms with Gasteiger partial charge in [-0.25, -0.2) is 9.97 Å². The molecule has 0 N–H and O–H groups in total. The third-order valence-electron chi connectivity index (χ3n) is 6.66. The van der Waals surface area contributed by atoms with Gasteiger partial charge in [0.15, 0.2) is 5.82 Å². The molecule has 0 spiro atoms. The summed E-state index contributed by atoms with van der Waals surface area (Å²) in [6, 6.07) is 38.5. The molecule has 0 atom stereocenters. The smallest absolute Gasteiger partial charge is 0.160 e. The van der Waals surface area contributed by atoms with Gasteiger partial charge in [0.25, 0.3) is 0 Å². The molecule has 0 amide bonds. The summed E-state index contributed by atoms with van der Waals surface area (Å²) in [6.45, 7) is 4.85. The molecule has 0 fully saturated rings. The Labute approximate surface area is 195 Å².